The van der Waals surface area contributed by atoms with E-state index < -0.39 is 26.0 Å². The van der Waals surface area contributed by atoms with E-state index in [-0.39, 0.29) is 11.5 Å². The van der Waals surface area contributed by atoms with Crippen LogP contribution < -0.4 is 0 Å². The van der Waals surface area contributed by atoms with E-state index in [0.717, 1.165) is 0 Å². The van der Waals surface area contributed by atoms with Crippen molar-refractivity contribution >= 4 is 44.6 Å². The highest BCUT2D eigenvalue weighted by atomic mass is 35.6. The van der Waals surface area contributed by atoms with Gasteiger partial charge in [0.05, 0.1) is 17.6 Å². The number of hydrogen-bond acceptors (Lipinski definition) is 4. The number of alkyl halides is 3. The summed E-state index contributed by atoms with van der Waals surface area (Å²) in [5.41, 5.74) is 0. The molecule has 0 saturated carbocycles. The van der Waals surface area contributed by atoms with Crippen LogP contribution in [0.5, 0.6) is 0 Å². The summed E-state index contributed by atoms with van der Waals surface area (Å²) in [5, 5.41) is 9.20. The lowest BCUT2D eigenvalue weighted by molar-refractivity contribution is -0.124. The zero-order chi connectivity index (χ0) is 11.0. The summed E-state index contributed by atoms with van der Waals surface area (Å²) in [7, 11) is -3.05. The van der Waals surface area contributed by atoms with Gasteiger partial charge in [-0.05, 0) is 6.42 Å². The molecule has 0 aromatic carbocycles. The van der Waals surface area contributed by atoms with E-state index in [1.807, 2.05) is 0 Å². The van der Waals surface area contributed by atoms with Crippen LogP contribution in [0.1, 0.15) is 6.42 Å². The molecule has 1 aliphatic rings. The zero-order valence-corrected chi connectivity index (χ0v) is 10.1. The molecule has 0 aromatic heterocycles. The largest absolute Gasteiger partial charge is 0.365 e. The van der Waals surface area contributed by atoms with Crippen LogP contribution in [0, 0.1) is 0 Å². The fraction of sp³-hybridized carbons (Fsp3) is 1.00. The van der Waals surface area contributed by atoms with Gasteiger partial charge in [-0.3, -0.25) is 0 Å². The fourth-order valence-corrected chi connectivity index (χ4v) is 2.88. The first kappa shape index (κ1) is 12.8. The molecule has 1 fully saturated rings. The first-order valence-corrected chi connectivity index (χ1v) is 6.77. The van der Waals surface area contributed by atoms with E-state index in [2.05, 4.69) is 0 Å². The number of aliphatic hydroxyl groups is 1. The van der Waals surface area contributed by atoms with Gasteiger partial charge in [0, 0.05) is 0 Å². The molecule has 4 nitrogen and oxygen atoms in total. The summed E-state index contributed by atoms with van der Waals surface area (Å²) in [5.74, 6) is -0.0882. The quantitative estimate of drug-likeness (QED) is 0.603. The minimum absolute atomic E-state index is 0.0459. The number of rotatable bonds is 2. The van der Waals surface area contributed by atoms with Gasteiger partial charge in [-0.15, -0.1) is 0 Å². The molecule has 2 atom stereocenters. The van der Waals surface area contributed by atoms with Gasteiger partial charge in [-0.2, -0.15) is 0 Å². The Hall–Kier alpha value is 0.740. The Balaban J connectivity index is 2.48. The Morgan fingerprint density at radius 1 is 1.43 bits per heavy atom. The molecule has 0 unspecified atom stereocenters. The first-order valence-electron chi connectivity index (χ1n) is 3.81. The second-order valence-corrected chi connectivity index (χ2v) is 7.65. The lowest BCUT2D eigenvalue weighted by atomic mass is 10.3. The molecule has 1 aliphatic heterocycles. The van der Waals surface area contributed by atoms with Gasteiger partial charge in [-0.1, -0.05) is 34.8 Å². The summed E-state index contributed by atoms with van der Waals surface area (Å²) in [6, 6.07) is 0. The Kier molecular flexibility index (Phi) is 3.95. The van der Waals surface area contributed by atoms with E-state index in [0.29, 0.717) is 6.42 Å². The van der Waals surface area contributed by atoms with Crippen molar-refractivity contribution in [3.63, 3.8) is 0 Å². The average molecular weight is 284 g/mol. The number of hydrogen-bond donors (Lipinski definition) is 1. The van der Waals surface area contributed by atoms with E-state index in [9.17, 15) is 13.5 Å². The third-order valence-electron chi connectivity index (χ3n) is 1.79. The molecule has 0 spiro atoms. The van der Waals surface area contributed by atoms with Crippen molar-refractivity contribution in [1.82, 2.24) is 0 Å². The number of ether oxygens (including phenoxy) is 1. The third-order valence-corrected chi connectivity index (χ3v) is 4.09. The van der Waals surface area contributed by atoms with Crippen LogP contribution >= 0.6 is 34.8 Å². The SMILES string of the molecule is O=S1(=O)CC[C@H](O[C@H](O)C(Cl)(Cl)Cl)C1. The summed E-state index contributed by atoms with van der Waals surface area (Å²) in [6.07, 6.45) is -1.88. The highest BCUT2D eigenvalue weighted by molar-refractivity contribution is 7.91. The predicted molar refractivity (Wildman–Crippen MR) is 54.4 cm³/mol. The van der Waals surface area contributed by atoms with Crippen LogP contribution in [0.4, 0.5) is 0 Å². The summed E-state index contributed by atoms with van der Waals surface area (Å²) >= 11 is 16.0. The fourth-order valence-electron chi connectivity index (χ4n) is 1.13. The van der Waals surface area contributed by atoms with Crippen LogP contribution in [0.3, 0.4) is 0 Å². The van der Waals surface area contributed by atoms with Crippen molar-refractivity contribution in [3.8, 4) is 0 Å². The lowest BCUT2D eigenvalue weighted by Gasteiger charge is -2.22. The van der Waals surface area contributed by atoms with E-state index >= 15 is 0 Å². The molecule has 1 rings (SSSR count). The Bertz CT molecular complexity index is 297. The van der Waals surface area contributed by atoms with Gasteiger partial charge in [0.25, 0.3) is 0 Å². The zero-order valence-electron chi connectivity index (χ0n) is 6.99. The highest BCUT2D eigenvalue weighted by Gasteiger charge is 2.37. The van der Waals surface area contributed by atoms with Crippen molar-refractivity contribution in [2.75, 3.05) is 11.5 Å². The van der Waals surface area contributed by atoms with E-state index in [1.165, 1.54) is 0 Å². The molecular formula is C6H9Cl3O4S. The maximum atomic E-state index is 11.0. The molecule has 8 heteroatoms. The molecule has 1 N–H and O–H groups in total. The van der Waals surface area contributed by atoms with Crippen LogP contribution in [-0.4, -0.2) is 41.2 Å². The highest BCUT2D eigenvalue weighted by Crippen LogP contribution is 2.32. The molecule has 0 aliphatic carbocycles. The van der Waals surface area contributed by atoms with Crippen molar-refractivity contribution in [1.29, 1.82) is 0 Å². The summed E-state index contributed by atoms with van der Waals surface area (Å²) in [6.45, 7) is 0. The number of halogens is 3. The molecule has 0 amide bonds. The minimum atomic E-state index is -3.05. The molecule has 1 saturated heterocycles. The normalized spacial score (nSPS) is 29.0. The topological polar surface area (TPSA) is 63.6 Å². The van der Waals surface area contributed by atoms with Crippen LogP contribution in [0.15, 0.2) is 0 Å². The van der Waals surface area contributed by atoms with Gasteiger partial charge < -0.3 is 9.84 Å². The Morgan fingerprint density at radius 3 is 2.36 bits per heavy atom. The minimum Gasteiger partial charge on any atom is -0.365 e. The maximum absolute atomic E-state index is 11.0. The standard InChI is InChI=1S/C6H9Cl3O4S/c7-6(8,9)5(10)13-4-1-2-14(11,12)3-4/h4-5,10H,1-3H2/t4-,5-/m0/s1. The van der Waals surface area contributed by atoms with Crippen LogP contribution in [0.25, 0.3) is 0 Å². The van der Waals surface area contributed by atoms with Gasteiger partial charge in [-0.25, -0.2) is 8.42 Å². The molecule has 0 radical (unpaired) electrons. The molecule has 1 heterocycles. The molecule has 84 valence electrons. The lowest BCUT2D eigenvalue weighted by Crippen LogP contribution is -2.33. The molecule has 14 heavy (non-hydrogen) atoms. The molecule has 0 bridgehead atoms. The van der Waals surface area contributed by atoms with E-state index in [4.69, 9.17) is 39.5 Å². The first-order chi connectivity index (χ1) is 6.21. The third kappa shape index (κ3) is 3.72. The number of sulfone groups is 1. The summed E-state index contributed by atoms with van der Waals surface area (Å²) < 4.78 is 25.0. The summed E-state index contributed by atoms with van der Waals surface area (Å²) in [4.78, 5) is 0. The van der Waals surface area contributed by atoms with Gasteiger partial charge in [0.1, 0.15) is 0 Å². The van der Waals surface area contributed by atoms with Gasteiger partial charge >= 0.3 is 0 Å². The second-order valence-electron chi connectivity index (χ2n) is 3.06. The maximum Gasteiger partial charge on any atom is 0.240 e. The monoisotopic (exact) mass is 282 g/mol. The average Bonchev–Trinajstić information content (AvgIpc) is 2.28. The Labute approximate surface area is 97.0 Å². The molecule has 0 aromatic rings. The van der Waals surface area contributed by atoms with Gasteiger partial charge in [0.15, 0.2) is 9.84 Å². The van der Waals surface area contributed by atoms with Crippen molar-refractivity contribution in [2.24, 2.45) is 0 Å². The number of aliphatic hydroxyl groups excluding tert-OH is 1. The molecular weight excluding hydrogens is 274 g/mol. The van der Waals surface area contributed by atoms with Crippen molar-refractivity contribution in [3.05, 3.63) is 0 Å². The predicted octanol–water partition coefficient (Wildman–Crippen LogP) is 0.879. The van der Waals surface area contributed by atoms with Gasteiger partial charge in [0.2, 0.25) is 10.1 Å². The smallest absolute Gasteiger partial charge is 0.240 e. The second kappa shape index (κ2) is 4.31. The van der Waals surface area contributed by atoms with Crippen LogP contribution in [-0.2, 0) is 14.6 Å². The van der Waals surface area contributed by atoms with Crippen molar-refractivity contribution < 1.29 is 18.3 Å². The van der Waals surface area contributed by atoms with E-state index in [1.54, 1.807) is 0 Å². The Morgan fingerprint density at radius 2 is 2.00 bits per heavy atom. The van der Waals surface area contributed by atoms with Crippen molar-refractivity contribution in [2.45, 2.75) is 22.6 Å². The van der Waals surface area contributed by atoms with Crippen LogP contribution in [0.2, 0.25) is 0 Å².